The number of hydrogen-bond acceptors (Lipinski definition) is 4. The molecule has 0 N–H and O–H groups in total. The van der Waals surface area contributed by atoms with Gasteiger partial charge in [0.2, 0.25) is 0 Å². The van der Waals surface area contributed by atoms with Gasteiger partial charge in [0.25, 0.3) is 0 Å². The predicted molar refractivity (Wildman–Crippen MR) is 97.4 cm³/mol. The smallest absolute Gasteiger partial charge is 0.337 e. The van der Waals surface area contributed by atoms with Crippen LogP contribution < -0.4 is 0 Å². The molecule has 2 heterocycles. The third kappa shape index (κ3) is 2.95. The van der Waals surface area contributed by atoms with Crippen molar-refractivity contribution in [1.29, 1.82) is 0 Å². The number of hydrogen-bond donors (Lipinski definition) is 0. The van der Waals surface area contributed by atoms with E-state index < -0.39 is 0 Å². The van der Waals surface area contributed by atoms with Gasteiger partial charge in [0.1, 0.15) is 3.70 Å². The van der Waals surface area contributed by atoms with Gasteiger partial charge < -0.3 is 4.74 Å². The molecule has 1 aromatic carbocycles. The second-order valence-corrected chi connectivity index (χ2v) is 6.50. The van der Waals surface area contributed by atoms with Gasteiger partial charge in [0.15, 0.2) is 0 Å². The van der Waals surface area contributed by atoms with Crippen molar-refractivity contribution in [2.24, 2.45) is 0 Å². The van der Waals surface area contributed by atoms with E-state index in [1.807, 2.05) is 16.8 Å². The van der Waals surface area contributed by atoms with Crippen LogP contribution in [0.15, 0.2) is 36.5 Å². The van der Waals surface area contributed by atoms with E-state index in [0.29, 0.717) is 11.6 Å². The largest absolute Gasteiger partial charge is 0.465 e. The molecule has 0 amide bonds. The van der Waals surface area contributed by atoms with E-state index in [2.05, 4.69) is 52.6 Å². The molecule has 0 spiro atoms. The first kappa shape index (κ1) is 15.9. The Morgan fingerprint density at radius 1 is 1.26 bits per heavy atom. The highest BCUT2D eigenvalue weighted by atomic mass is 127. The van der Waals surface area contributed by atoms with Crippen molar-refractivity contribution in [1.82, 2.24) is 14.8 Å². The lowest BCUT2D eigenvalue weighted by Crippen LogP contribution is -2.02. The van der Waals surface area contributed by atoms with Gasteiger partial charge >= 0.3 is 5.97 Å². The molecule has 0 atom stereocenters. The molecule has 23 heavy (non-hydrogen) atoms. The van der Waals surface area contributed by atoms with Crippen molar-refractivity contribution in [2.75, 3.05) is 7.11 Å². The van der Waals surface area contributed by atoms with Gasteiger partial charge in [-0.15, -0.1) is 0 Å². The lowest BCUT2D eigenvalue weighted by molar-refractivity contribution is 0.0600. The van der Waals surface area contributed by atoms with Gasteiger partial charge in [-0.2, -0.15) is 5.10 Å². The van der Waals surface area contributed by atoms with Gasteiger partial charge in [-0.3, -0.25) is 9.67 Å². The van der Waals surface area contributed by atoms with Gasteiger partial charge in [-0.25, -0.2) is 4.79 Å². The summed E-state index contributed by atoms with van der Waals surface area (Å²) in [6, 6.07) is 9.80. The number of rotatable bonds is 3. The van der Waals surface area contributed by atoms with Gasteiger partial charge in [-0.05, 0) is 60.7 Å². The summed E-state index contributed by atoms with van der Waals surface area (Å²) in [5, 5.41) is 5.68. The van der Waals surface area contributed by atoms with Crippen molar-refractivity contribution in [2.45, 2.75) is 19.9 Å². The molecule has 5 nitrogen and oxygen atoms in total. The maximum Gasteiger partial charge on any atom is 0.337 e. The molecule has 0 fully saturated rings. The van der Waals surface area contributed by atoms with Crippen LogP contribution in [0.4, 0.5) is 0 Å². The Morgan fingerprint density at radius 2 is 2.04 bits per heavy atom. The van der Waals surface area contributed by atoms with E-state index in [1.54, 1.807) is 18.3 Å². The number of esters is 1. The van der Waals surface area contributed by atoms with Crippen LogP contribution in [-0.2, 0) is 4.74 Å². The van der Waals surface area contributed by atoms with E-state index in [0.717, 1.165) is 25.9 Å². The topological polar surface area (TPSA) is 57.0 Å². The Balaban J connectivity index is 2.11. The van der Waals surface area contributed by atoms with Crippen molar-refractivity contribution in [3.63, 3.8) is 0 Å². The van der Waals surface area contributed by atoms with Gasteiger partial charge in [0, 0.05) is 23.2 Å². The van der Waals surface area contributed by atoms with E-state index >= 15 is 0 Å². The van der Waals surface area contributed by atoms with Crippen LogP contribution in [-0.4, -0.2) is 27.8 Å². The lowest BCUT2D eigenvalue weighted by Gasteiger charge is -2.07. The molecule has 0 radical (unpaired) electrons. The average Bonchev–Trinajstić information content (AvgIpc) is 2.91. The number of nitrogens with zero attached hydrogens (tertiary/aromatic N) is 3. The Bertz CT molecular complexity index is 887. The summed E-state index contributed by atoms with van der Waals surface area (Å²) in [6.07, 6.45) is 1.62. The van der Waals surface area contributed by atoms with E-state index in [4.69, 9.17) is 4.74 Å². The van der Waals surface area contributed by atoms with Crippen LogP contribution in [0.3, 0.4) is 0 Å². The summed E-state index contributed by atoms with van der Waals surface area (Å²) in [5.41, 5.74) is 3.27. The number of benzene rings is 1. The Kier molecular flexibility index (Phi) is 4.34. The zero-order valence-corrected chi connectivity index (χ0v) is 15.2. The summed E-state index contributed by atoms with van der Waals surface area (Å²) in [5.74, 6) is -0.364. The second-order valence-electron chi connectivity index (χ2n) is 5.48. The number of halogens is 1. The molecule has 0 unspecified atom stereocenters. The molecular weight excluding hydrogens is 405 g/mol. The van der Waals surface area contributed by atoms with E-state index in [1.165, 1.54) is 7.11 Å². The highest BCUT2D eigenvalue weighted by molar-refractivity contribution is 14.1. The third-order valence-corrected chi connectivity index (χ3v) is 4.42. The van der Waals surface area contributed by atoms with Crippen molar-refractivity contribution in [3.8, 4) is 11.3 Å². The van der Waals surface area contributed by atoms with Gasteiger partial charge in [0.05, 0.1) is 23.9 Å². The molecule has 6 heteroatoms. The molecule has 3 aromatic rings. The molecule has 0 aliphatic carbocycles. The standard InChI is InChI=1S/C17H16IN3O2/c1-10(2)21-15-5-4-11(8-13(15)16(18)20-21)14-9-12(6-7-19-14)17(22)23-3/h4-10H,1-3H3. The van der Waals surface area contributed by atoms with Crippen LogP contribution in [0.1, 0.15) is 30.2 Å². The van der Waals surface area contributed by atoms with Gasteiger partial charge in [-0.1, -0.05) is 6.07 Å². The molecule has 118 valence electrons. The molecule has 0 aliphatic rings. The number of carbonyl (C=O) groups is 1. The number of carbonyl (C=O) groups excluding carboxylic acids is 1. The maximum atomic E-state index is 11.7. The second kappa shape index (κ2) is 6.27. The van der Waals surface area contributed by atoms with E-state index in [-0.39, 0.29) is 5.97 Å². The minimum Gasteiger partial charge on any atom is -0.465 e. The molecule has 2 aromatic heterocycles. The fraction of sp³-hybridized carbons (Fsp3) is 0.235. The van der Waals surface area contributed by atoms with Crippen LogP contribution >= 0.6 is 22.6 Å². The lowest BCUT2D eigenvalue weighted by atomic mass is 10.1. The summed E-state index contributed by atoms with van der Waals surface area (Å²) in [6.45, 7) is 4.22. The minimum atomic E-state index is -0.364. The SMILES string of the molecule is COC(=O)c1ccnc(-c2ccc3c(c2)c(I)nn3C(C)C)c1. The van der Waals surface area contributed by atoms with Crippen molar-refractivity contribution >= 4 is 39.5 Å². The van der Waals surface area contributed by atoms with Crippen LogP contribution in [0.2, 0.25) is 0 Å². The summed E-state index contributed by atoms with van der Waals surface area (Å²) < 4.78 is 7.73. The van der Waals surface area contributed by atoms with Crippen LogP contribution in [0.5, 0.6) is 0 Å². The van der Waals surface area contributed by atoms with Crippen LogP contribution in [0.25, 0.3) is 22.2 Å². The zero-order valence-electron chi connectivity index (χ0n) is 13.1. The summed E-state index contributed by atoms with van der Waals surface area (Å²) in [4.78, 5) is 16.0. The summed E-state index contributed by atoms with van der Waals surface area (Å²) in [7, 11) is 1.37. The Morgan fingerprint density at radius 3 is 2.74 bits per heavy atom. The highest BCUT2D eigenvalue weighted by Gasteiger charge is 2.13. The fourth-order valence-corrected chi connectivity index (χ4v) is 3.15. The summed E-state index contributed by atoms with van der Waals surface area (Å²) >= 11 is 2.25. The Hall–Kier alpha value is -1.96. The Labute approximate surface area is 147 Å². The van der Waals surface area contributed by atoms with Crippen molar-refractivity contribution in [3.05, 3.63) is 45.8 Å². The molecular formula is C17H16IN3O2. The minimum absolute atomic E-state index is 0.299. The van der Waals surface area contributed by atoms with E-state index in [9.17, 15) is 4.79 Å². The molecule has 0 saturated heterocycles. The highest BCUT2D eigenvalue weighted by Crippen LogP contribution is 2.28. The number of fused-ring (bicyclic) bond motifs is 1. The zero-order chi connectivity index (χ0) is 16.6. The molecule has 0 saturated carbocycles. The first-order chi connectivity index (χ1) is 11.0. The number of ether oxygens (including phenoxy) is 1. The van der Waals surface area contributed by atoms with Crippen molar-refractivity contribution < 1.29 is 9.53 Å². The monoisotopic (exact) mass is 421 g/mol. The maximum absolute atomic E-state index is 11.7. The number of pyridine rings is 1. The molecule has 0 aliphatic heterocycles. The predicted octanol–water partition coefficient (Wildman–Crippen LogP) is 4.07. The average molecular weight is 421 g/mol. The fourth-order valence-electron chi connectivity index (χ4n) is 2.49. The normalized spacial score (nSPS) is 11.2. The van der Waals surface area contributed by atoms with Crippen LogP contribution in [0, 0.1) is 3.70 Å². The third-order valence-electron chi connectivity index (χ3n) is 3.63. The first-order valence-corrected chi connectivity index (χ1v) is 8.31. The quantitative estimate of drug-likeness (QED) is 0.473. The molecule has 0 bridgehead atoms. The first-order valence-electron chi connectivity index (χ1n) is 7.23. The number of methoxy groups -OCH3 is 1. The number of aromatic nitrogens is 3. The molecule has 3 rings (SSSR count).